The van der Waals surface area contributed by atoms with Crippen LogP contribution >= 0.6 is 24.0 Å². The highest BCUT2D eigenvalue weighted by Crippen LogP contribution is 2.15. The zero-order valence-corrected chi connectivity index (χ0v) is 17.9. The van der Waals surface area contributed by atoms with Crippen LogP contribution in [0.2, 0.25) is 0 Å². The van der Waals surface area contributed by atoms with Gasteiger partial charge in [0.1, 0.15) is 0 Å². The van der Waals surface area contributed by atoms with Crippen molar-refractivity contribution in [3.05, 3.63) is 29.8 Å². The van der Waals surface area contributed by atoms with E-state index in [1.54, 1.807) is 0 Å². The Bertz CT molecular complexity index is 559. The number of carbonyl (C=O) groups excluding carboxylic acids is 1. The fourth-order valence-corrected chi connectivity index (χ4v) is 3.06. The highest BCUT2D eigenvalue weighted by atomic mass is 127. The van der Waals surface area contributed by atoms with Crippen LogP contribution in [0.4, 0.5) is 5.69 Å². The second-order valence-corrected chi connectivity index (χ2v) is 6.56. The third kappa shape index (κ3) is 7.63. The molecule has 1 aliphatic heterocycles. The van der Waals surface area contributed by atoms with Gasteiger partial charge in [0.05, 0.1) is 0 Å². The van der Waals surface area contributed by atoms with Crippen LogP contribution in [0.25, 0.3) is 0 Å². The number of rotatable bonds is 5. The van der Waals surface area contributed by atoms with Gasteiger partial charge in [-0.05, 0) is 49.8 Å². The number of amides is 1. The normalized spacial score (nSPS) is 17.6. The predicted molar refractivity (Wildman–Crippen MR) is 116 cm³/mol. The van der Waals surface area contributed by atoms with E-state index in [0.29, 0.717) is 0 Å². The van der Waals surface area contributed by atoms with E-state index in [0.717, 1.165) is 50.2 Å². The van der Waals surface area contributed by atoms with Crippen LogP contribution in [0.15, 0.2) is 29.3 Å². The van der Waals surface area contributed by atoms with E-state index in [1.165, 1.54) is 25.3 Å². The molecule has 25 heavy (non-hydrogen) atoms. The van der Waals surface area contributed by atoms with Crippen LogP contribution in [-0.4, -0.2) is 42.9 Å². The molecule has 0 radical (unpaired) electrons. The molecule has 1 unspecified atom stereocenters. The Morgan fingerprint density at radius 2 is 2.04 bits per heavy atom. The molecule has 1 heterocycles. The van der Waals surface area contributed by atoms with Gasteiger partial charge in [-0.2, -0.15) is 0 Å². The van der Waals surface area contributed by atoms with Crippen molar-refractivity contribution in [2.24, 2.45) is 10.9 Å². The lowest BCUT2D eigenvalue weighted by atomic mass is 10.0. The standard InChI is InChI=1S/C19H30N4O.HI/c1-4-20-19(23-13-5-6-15(2)14-23)21-12-11-17-7-9-18(10-8-17)22-16(3)24;/h7-10,15H,4-6,11-14H2,1-3H3,(H,20,21)(H,22,24);1H. The van der Waals surface area contributed by atoms with E-state index in [4.69, 9.17) is 4.99 Å². The molecular weight excluding hydrogens is 427 g/mol. The summed E-state index contributed by atoms with van der Waals surface area (Å²) in [6.07, 6.45) is 3.46. The molecule has 0 aromatic heterocycles. The summed E-state index contributed by atoms with van der Waals surface area (Å²) in [5.41, 5.74) is 2.07. The quantitative estimate of drug-likeness (QED) is 0.404. The van der Waals surface area contributed by atoms with Crippen molar-refractivity contribution in [3.8, 4) is 0 Å². The monoisotopic (exact) mass is 458 g/mol. The third-order valence-electron chi connectivity index (χ3n) is 4.23. The van der Waals surface area contributed by atoms with Crippen LogP contribution in [0.1, 0.15) is 39.2 Å². The smallest absolute Gasteiger partial charge is 0.221 e. The second-order valence-electron chi connectivity index (χ2n) is 6.56. The number of hydrogen-bond acceptors (Lipinski definition) is 2. The molecular formula is C19H31IN4O. The number of nitrogens with zero attached hydrogens (tertiary/aromatic N) is 2. The molecule has 0 saturated carbocycles. The Morgan fingerprint density at radius 1 is 1.32 bits per heavy atom. The van der Waals surface area contributed by atoms with E-state index in [-0.39, 0.29) is 29.9 Å². The Morgan fingerprint density at radius 3 is 2.64 bits per heavy atom. The number of benzene rings is 1. The molecule has 1 aromatic carbocycles. The van der Waals surface area contributed by atoms with Crippen LogP contribution < -0.4 is 10.6 Å². The first-order valence-corrected chi connectivity index (χ1v) is 8.98. The lowest BCUT2D eigenvalue weighted by Crippen LogP contribution is -2.46. The molecule has 1 aromatic rings. The molecule has 0 aliphatic carbocycles. The van der Waals surface area contributed by atoms with Crippen molar-refractivity contribution < 1.29 is 4.79 Å². The molecule has 1 amide bonds. The van der Waals surface area contributed by atoms with Crippen molar-refractivity contribution in [1.29, 1.82) is 0 Å². The molecule has 1 fully saturated rings. The molecule has 2 N–H and O–H groups in total. The van der Waals surface area contributed by atoms with Crippen molar-refractivity contribution in [3.63, 3.8) is 0 Å². The zero-order valence-electron chi connectivity index (χ0n) is 15.5. The maximum Gasteiger partial charge on any atom is 0.221 e. The Labute approximate surface area is 168 Å². The second kappa shape index (κ2) is 11.3. The number of hydrogen-bond donors (Lipinski definition) is 2. The van der Waals surface area contributed by atoms with Gasteiger partial charge in [-0.1, -0.05) is 19.1 Å². The Balaban J connectivity index is 0.00000312. The maximum absolute atomic E-state index is 11.0. The van der Waals surface area contributed by atoms with E-state index in [2.05, 4.69) is 41.5 Å². The van der Waals surface area contributed by atoms with Gasteiger partial charge in [-0.3, -0.25) is 9.79 Å². The largest absolute Gasteiger partial charge is 0.357 e. The van der Waals surface area contributed by atoms with E-state index >= 15 is 0 Å². The molecule has 6 heteroatoms. The first-order valence-electron chi connectivity index (χ1n) is 8.98. The van der Waals surface area contributed by atoms with Gasteiger partial charge in [0.2, 0.25) is 5.91 Å². The van der Waals surface area contributed by atoms with E-state index in [1.807, 2.05) is 12.1 Å². The number of likely N-dealkylation sites (tertiary alicyclic amines) is 1. The summed E-state index contributed by atoms with van der Waals surface area (Å²) in [7, 11) is 0. The van der Waals surface area contributed by atoms with Crippen LogP contribution in [-0.2, 0) is 11.2 Å². The number of nitrogens with one attached hydrogen (secondary N) is 2. The van der Waals surface area contributed by atoms with Crippen molar-refractivity contribution >= 4 is 41.5 Å². The molecule has 1 saturated heterocycles. The molecule has 2 rings (SSSR count). The number of aliphatic imine (C=N–C) groups is 1. The minimum atomic E-state index is -0.0432. The first-order chi connectivity index (χ1) is 11.6. The number of anilines is 1. The van der Waals surface area contributed by atoms with Gasteiger partial charge in [0, 0.05) is 38.8 Å². The topological polar surface area (TPSA) is 56.7 Å². The average Bonchev–Trinajstić information content (AvgIpc) is 2.55. The summed E-state index contributed by atoms with van der Waals surface area (Å²) in [5, 5.41) is 6.21. The van der Waals surface area contributed by atoms with Crippen LogP contribution in [0.5, 0.6) is 0 Å². The van der Waals surface area contributed by atoms with Gasteiger partial charge < -0.3 is 15.5 Å². The maximum atomic E-state index is 11.0. The van der Waals surface area contributed by atoms with E-state index < -0.39 is 0 Å². The lowest BCUT2D eigenvalue weighted by molar-refractivity contribution is -0.114. The third-order valence-corrected chi connectivity index (χ3v) is 4.23. The van der Waals surface area contributed by atoms with Crippen molar-refractivity contribution in [2.75, 3.05) is 31.5 Å². The van der Waals surface area contributed by atoms with Gasteiger partial charge in [0.15, 0.2) is 5.96 Å². The summed E-state index contributed by atoms with van der Waals surface area (Å²) in [4.78, 5) is 18.2. The van der Waals surface area contributed by atoms with E-state index in [9.17, 15) is 4.79 Å². The van der Waals surface area contributed by atoms with Crippen molar-refractivity contribution in [2.45, 2.75) is 40.0 Å². The molecule has 5 nitrogen and oxygen atoms in total. The SMILES string of the molecule is CCNC(=NCCc1ccc(NC(C)=O)cc1)N1CCCC(C)C1.I. The van der Waals surface area contributed by atoms with Crippen LogP contribution in [0, 0.1) is 5.92 Å². The molecule has 140 valence electrons. The number of carbonyl (C=O) groups is 1. The minimum absolute atomic E-state index is 0. The summed E-state index contributed by atoms with van der Waals surface area (Å²) in [6, 6.07) is 7.99. The molecule has 1 atom stereocenters. The van der Waals surface area contributed by atoms with Gasteiger partial charge in [-0.25, -0.2) is 0 Å². The molecule has 0 bridgehead atoms. The summed E-state index contributed by atoms with van der Waals surface area (Å²) in [5.74, 6) is 1.74. The first kappa shape index (κ1) is 21.7. The predicted octanol–water partition coefficient (Wildman–Crippen LogP) is 3.50. The van der Waals surface area contributed by atoms with Gasteiger partial charge in [0.25, 0.3) is 0 Å². The average molecular weight is 458 g/mol. The van der Waals surface area contributed by atoms with Crippen LogP contribution in [0.3, 0.4) is 0 Å². The number of piperidine rings is 1. The fraction of sp³-hybridized carbons (Fsp3) is 0.579. The Kier molecular flexibility index (Phi) is 9.85. The molecule has 1 aliphatic rings. The van der Waals surface area contributed by atoms with Gasteiger partial charge in [-0.15, -0.1) is 24.0 Å². The highest BCUT2D eigenvalue weighted by molar-refractivity contribution is 14.0. The summed E-state index contributed by atoms with van der Waals surface area (Å²) in [6.45, 7) is 9.81. The summed E-state index contributed by atoms with van der Waals surface area (Å²) < 4.78 is 0. The zero-order chi connectivity index (χ0) is 17.4. The lowest BCUT2D eigenvalue weighted by Gasteiger charge is -2.33. The highest BCUT2D eigenvalue weighted by Gasteiger charge is 2.18. The minimum Gasteiger partial charge on any atom is -0.357 e. The summed E-state index contributed by atoms with van der Waals surface area (Å²) >= 11 is 0. The van der Waals surface area contributed by atoms with Gasteiger partial charge >= 0.3 is 0 Å². The number of halogens is 1. The molecule has 0 spiro atoms. The fourth-order valence-electron chi connectivity index (χ4n) is 3.06. The number of guanidine groups is 1. The van der Waals surface area contributed by atoms with Crippen molar-refractivity contribution in [1.82, 2.24) is 10.2 Å². The Hall–Kier alpha value is -1.31.